The molecule has 21 heavy (non-hydrogen) atoms. The monoisotopic (exact) mass is 422 g/mol. The molecule has 0 saturated heterocycles. The topological polar surface area (TPSA) is 72.8 Å². The highest BCUT2D eigenvalue weighted by molar-refractivity contribution is 9.10. The van der Waals surface area contributed by atoms with E-state index in [9.17, 15) is 4.79 Å². The van der Waals surface area contributed by atoms with Crippen molar-refractivity contribution in [1.82, 2.24) is 0 Å². The largest absolute Gasteiger partial charge is 0.460 e. The van der Waals surface area contributed by atoms with E-state index in [0.29, 0.717) is 21.7 Å². The highest BCUT2D eigenvalue weighted by Gasteiger charge is 2.15. The summed E-state index contributed by atoms with van der Waals surface area (Å²) in [5.74, 6) is 0.478. The molecule has 0 atom stereocenters. The van der Waals surface area contributed by atoms with Crippen molar-refractivity contribution in [2.75, 3.05) is 6.61 Å². The minimum Gasteiger partial charge on any atom is -0.460 e. The molecule has 5 nitrogen and oxygen atoms in total. The first-order valence-corrected chi connectivity index (χ1v) is 7.76. The number of aliphatic hydroxyl groups excluding tert-OH is 1. The second-order valence-electron chi connectivity index (χ2n) is 4.10. The van der Waals surface area contributed by atoms with E-state index in [1.165, 1.54) is 0 Å². The van der Waals surface area contributed by atoms with Gasteiger partial charge in [-0.1, -0.05) is 0 Å². The maximum Gasteiger partial charge on any atom is 0.374 e. The van der Waals surface area contributed by atoms with Gasteiger partial charge >= 0.3 is 5.97 Å². The van der Waals surface area contributed by atoms with Gasteiger partial charge in [0.2, 0.25) is 5.76 Å². The van der Waals surface area contributed by atoms with Crippen LogP contribution >= 0.6 is 31.9 Å². The first-order valence-electron chi connectivity index (χ1n) is 6.17. The summed E-state index contributed by atoms with van der Waals surface area (Å²) in [7, 11) is 0. The Morgan fingerprint density at radius 1 is 1.19 bits per heavy atom. The van der Waals surface area contributed by atoms with Crippen LogP contribution in [-0.4, -0.2) is 17.7 Å². The van der Waals surface area contributed by atoms with E-state index in [-0.39, 0.29) is 12.4 Å². The minimum atomic E-state index is -0.416. The van der Waals surface area contributed by atoms with Crippen LogP contribution in [0.2, 0.25) is 0 Å². The number of rotatable bonds is 3. The van der Waals surface area contributed by atoms with E-state index in [0.717, 1.165) is 11.1 Å². The number of esters is 1. The molecule has 0 spiro atoms. The molecule has 2 heterocycles. The van der Waals surface area contributed by atoms with Crippen molar-refractivity contribution in [3.8, 4) is 0 Å². The van der Waals surface area contributed by atoms with Gasteiger partial charge in [0.05, 0.1) is 6.61 Å². The first-order chi connectivity index (χ1) is 9.88. The van der Waals surface area contributed by atoms with Crippen molar-refractivity contribution in [3.63, 3.8) is 0 Å². The normalized spacial score (nSPS) is 10.0. The van der Waals surface area contributed by atoms with Crippen molar-refractivity contribution < 1.29 is 23.5 Å². The van der Waals surface area contributed by atoms with Gasteiger partial charge in [-0.15, -0.1) is 0 Å². The van der Waals surface area contributed by atoms with E-state index < -0.39 is 5.97 Å². The van der Waals surface area contributed by atoms with E-state index in [2.05, 4.69) is 31.9 Å². The maximum atomic E-state index is 11.1. The molecule has 2 rings (SSSR count). The number of hydrogen-bond donors (Lipinski definition) is 1. The van der Waals surface area contributed by atoms with E-state index in [1.54, 1.807) is 19.9 Å². The van der Waals surface area contributed by atoms with Crippen LogP contribution in [0.1, 0.15) is 34.4 Å². The number of furan rings is 2. The summed E-state index contributed by atoms with van der Waals surface area (Å²) in [4.78, 5) is 11.1. The summed E-state index contributed by atoms with van der Waals surface area (Å²) in [6.07, 6.45) is 0. The molecular weight excluding hydrogens is 408 g/mol. The Morgan fingerprint density at radius 3 is 2.10 bits per heavy atom. The van der Waals surface area contributed by atoms with Crippen LogP contribution in [0, 0.1) is 13.8 Å². The van der Waals surface area contributed by atoms with Crippen LogP contribution in [0.3, 0.4) is 0 Å². The van der Waals surface area contributed by atoms with Crippen molar-refractivity contribution >= 4 is 37.8 Å². The zero-order valence-electron chi connectivity index (χ0n) is 11.9. The number of hydrogen-bond acceptors (Lipinski definition) is 5. The van der Waals surface area contributed by atoms with Crippen LogP contribution < -0.4 is 0 Å². The Labute approximate surface area is 139 Å². The fourth-order valence-corrected chi connectivity index (χ4v) is 2.52. The molecule has 0 amide bonds. The van der Waals surface area contributed by atoms with Crippen LogP contribution in [-0.2, 0) is 11.3 Å². The molecule has 0 radical (unpaired) electrons. The number of aliphatic hydroxyl groups is 1. The Morgan fingerprint density at radius 2 is 1.76 bits per heavy atom. The molecule has 1 N–H and O–H groups in total. The van der Waals surface area contributed by atoms with Gasteiger partial charge in [-0.3, -0.25) is 0 Å². The third-order valence-corrected chi connectivity index (χ3v) is 3.26. The van der Waals surface area contributed by atoms with Gasteiger partial charge in [0, 0.05) is 5.56 Å². The quantitative estimate of drug-likeness (QED) is 0.742. The summed E-state index contributed by atoms with van der Waals surface area (Å²) in [6, 6.07) is 3.55. The summed E-state index contributed by atoms with van der Waals surface area (Å²) in [5, 5.41) is 8.62. The summed E-state index contributed by atoms with van der Waals surface area (Å²) < 4.78 is 16.1. The van der Waals surface area contributed by atoms with Crippen molar-refractivity contribution in [2.45, 2.75) is 27.4 Å². The average Bonchev–Trinajstić information content (AvgIpc) is 2.92. The number of aryl methyl sites for hydroxylation is 2. The number of carbonyl (C=O) groups excluding carboxylic acids is 1. The minimum absolute atomic E-state index is 0.0303. The lowest BCUT2D eigenvalue weighted by atomic mass is 10.3. The smallest absolute Gasteiger partial charge is 0.374 e. The van der Waals surface area contributed by atoms with Gasteiger partial charge < -0.3 is 18.7 Å². The molecule has 7 heteroatoms. The molecule has 0 aliphatic carbocycles. The van der Waals surface area contributed by atoms with E-state index in [4.69, 9.17) is 18.7 Å². The molecule has 0 aliphatic heterocycles. The standard InChI is InChI=1S/C8H9BrO3.C6H7BrO2/c1-3-11-8(10)7-5(2)4-6(9)12-7;1-4-2-6(7)9-5(4)3-8/h4H,3H2,1-2H3;2,8H,3H2,1H3. The van der Waals surface area contributed by atoms with Crippen molar-refractivity contribution in [2.24, 2.45) is 0 Å². The molecule has 0 saturated carbocycles. The lowest BCUT2D eigenvalue weighted by molar-refractivity contribution is 0.0487. The van der Waals surface area contributed by atoms with E-state index >= 15 is 0 Å². The van der Waals surface area contributed by atoms with Crippen molar-refractivity contribution in [3.05, 3.63) is 44.1 Å². The Kier molecular flexibility index (Phi) is 7.21. The van der Waals surface area contributed by atoms with Gasteiger partial charge in [-0.25, -0.2) is 4.79 Å². The first kappa shape index (κ1) is 18.0. The molecule has 116 valence electrons. The fraction of sp³-hybridized carbons (Fsp3) is 0.357. The Hall–Kier alpha value is -1.05. The van der Waals surface area contributed by atoms with Crippen LogP contribution in [0.15, 0.2) is 30.3 Å². The maximum absolute atomic E-state index is 11.1. The van der Waals surface area contributed by atoms with Gasteiger partial charge in [-0.05, 0) is 70.3 Å². The van der Waals surface area contributed by atoms with E-state index in [1.807, 2.05) is 13.0 Å². The highest BCUT2D eigenvalue weighted by atomic mass is 79.9. The average molecular weight is 424 g/mol. The van der Waals surface area contributed by atoms with Gasteiger partial charge in [0.1, 0.15) is 12.4 Å². The molecule has 2 aromatic rings. The molecule has 2 aromatic heterocycles. The number of carbonyl (C=O) groups is 1. The second kappa shape index (κ2) is 8.41. The summed E-state index contributed by atoms with van der Waals surface area (Å²) >= 11 is 6.27. The zero-order chi connectivity index (χ0) is 16.0. The molecule has 0 fully saturated rings. The molecular formula is C14H16Br2O5. The second-order valence-corrected chi connectivity index (χ2v) is 5.66. The lowest BCUT2D eigenvalue weighted by Gasteiger charge is -1.97. The van der Waals surface area contributed by atoms with Crippen LogP contribution in [0.5, 0.6) is 0 Å². The molecule has 0 aliphatic rings. The third kappa shape index (κ3) is 5.33. The summed E-state index contributed by atoms with van der Waals surface area (Å²) in [5.41, 5.74) is 1.75. The van der Waals surface area contributed by atoms with Crippen LogP contribution in [0.4, 0.5) is 0 Å². The lowest BCUT2D eigenvalue weighted by Crippen LogP contribution is -2.04. The molecule has 0 aromatic carbocycles. The van der Waals surface area contributed by atoms with Crippen LogP contribution in [0.25, 0.3) is 0 Å². The number of halogens is 2. The summed E-state index contributed by atoms with van der Waals surface area (Å²) in [6.45, 7) is 5.76. The van der Waals surface area contributed by atoms with Crippen molar-refractivity contribution in [1.29, 1.82) is 0 Å². The van der Waals surface area contributed by atoms with Gasteiger partial charge in [0.25, 0.3) is 0 Å². The molecule has 0 unspecified atom stereocenters. The van der Waals surface area contributed by atoms with Gasteiger partial charge in [-0.2, -0.15) is 0 Å². The molecule has 0 bridgehead atoms. The van der Waals surface area contributed by atoms with Gasteiger partial charge in [0.15, 0.2) is 9.34 Å². The fourth-order valence-electron chi connectivity index (χ4n) is 1.48. The predicted molar refractivity (Wildman–Crippen MR) is 84.2 cm³/mol. The Bertz CT molecular complexity index is 601. The number of ether oxygens (including phenoxy) is 1. The predicted octanol–water partition coefficient (Wildman–Crippen LogP) is 4.37. The zero-order valence-corrected chi connectivity index (χ0v) is 15.1. The highest BCUT2D eigenvalue weighted by Crippen LogP contribution is 2.20. The Balaban J connectivity index is 0.000000219. The third-order valence-electron chi connectivity index (χ3n) is 2.48. The SMILES string of the molecule is CCOC(=O)c1oc(Br)cc1C.Cc1cc(Br)oc1CO.